The number of nitro benzene ring substituents is 2. The van der Waals surface area contributed by atoms with Crippen molar-refractivity contribution in [1.82, 2.24) is 19.6 Å². The van der Waals surface area contributed by atoms with Gasteiger partial charge in [-0.05, 0) is 70.8 Å². The van der Waals surface area contributed by atoms with Crippen molar-refractivity contribution in [3.05, 3.63) is 115 Å². The molecule has 2 fully saturated rings. The van der Waals surface area contributed by atoms with Crippen LogP contribution in [-0.2, 0) is 41.8 Å². The van der Waals surface area contributed by atoms with Crippen LogP contribution in [0.3, 0.4) is 0 Å². The molecule has 2 saturated heterocycles. The SMILES string of the molecule is O=C(O)CN1CCN(C(=O)/C=C/c2ccc(Sc3ccc(/C=C/C(=O)N4CCN(CC(=O)O)CC4)c(-c4ccc5c(c4)CCOO5)c3[N+](=O)[O-])c([N+](=O)[O-])c2-c2ccc3c(c2)CCOO3)CC1. The highest BCUT2D eigenvalue weighted by Gasteiger charge is 2.32. The van der Waals surface area contributed by atoms with Gasteiger partial charge in [-0.2, -0.15) is 9.78 Å². The molecule has 4 aromatic rings. The number of aliphatic carboxylic acids is 2. The Morgan fingerprint density at radius 1 is 0.597 bits per heavy atom. The number of carboxylic acids is 2. The smallest absolute Gasteiger partial charge is 0.317 e. The van der Waals surface area contributed by atoms with Gasteiger partial charge in [-0.25, -0.2) is 0 Å². The number of carboxylic acid groups (broad SMARTS) is 2. The summed E-state index contributed by atoms with van der Waals surface area (Å²) in [5, 5.41) is 45.1. The van der Waals surface area contributed by atoms with Crippen LogP contribution in [-0.4, -0.2) is 142 Å². The van der Waals surface area contributed by atoms with Crippen LogP contribution in [0.4, 0.5) is 11.4 Å². The highest BCUT2D eigenvalue weighted by atomic mass is 32.2. The van der Waals surface area contributed by atoms with Gasteiger partial charge in [0.15, 0.2) is 11.5 Å². The van der Waals surface area contributed by atoms with Gasteiger partial charge in [0.2, 0.25) is 11.8 Å². The summed E-state index contributed by atoms with van der Waals surface area (Å²) in [5.74, 6) is -1.77. The first-order valence-corrected chi connectivity index (χ1v) is 22.1. The van der Waals surface area contributed by atoms with E-state index in [2.05, 4.69) is 0 Å². The van der Waals surface area contributed by atoms with E-state index in [1.807, 2.05) is 0 Å². The van der Waals surface area contributed by atoms with Crippen molar-refractivity contribution in [2.45, 2.75) is 22.6 Å². The normalized spacial score (nSPS) is 16.5. The summed E-state index contributed by atoms with van der Waals surface area (Å²) in [6.45, 7) is 2.83. The topological polar surface area (TPSA) is 245 Å². The van der Waals surface area contributed by atoms with Gasteiger partial charge in [0.25, 0.3) is 11.4 Å². The zero-order valence-corrected chi connectivity index (χ0v) is 36.7. The fourth-order valence-electron chi connectivity index (χ4n) is 8.41. The second-order valence-corrected chi connectivity index (χ2v) is 17.1. The first-order valence-electron chi connectivity index (χ1n) is 21.3. The van der Waals surface area contributed by atoms with E-state index in [0.717, 1.165) is 22.9 Å². The molecule has 0 spiro atoms. The Hall–Kier alpha value is -7.17. The zero-order chi connectivity index (χ0) is 47.2. The first kappa shape index (κ1) is 46.4. The number of carbonyl (C=O) groups excluding carboxylic acids is 2. The lowest BCUT2D eigenvalue weighted by molar-refractivity contribution is -0.387. The van der Waals surface area contributed by atoms with Crippen LogP contribution in [0.1, 0.15) is 22.3 Å². The van der Waals surface area contributed by atoms with Gasteiger partial charge in [-0.3, -0.25) is 49.2 Å². The molecule has 20 nitrogen and oxygen atoms in total. The summed E-state index contributed by atoms with van der Waals surface area (Å²) in [7, 11) is 0. The quantitative estimate of drug-likeness (QED) is 0.0714. The Balaban J connectivity index is 1.19. The third-order valence-corrected chi connectivity index (χ3v) is 12.8. The molecule has 0 radical (unpaired) electrons. The summed E-state index contributed by atoms with van der Waals surface area (Å²) in [6.07, 6.45) is 6.53. The number of amides is 2. The van der Waals surface area contributed by atoms with Gasteiger partial charge in [0.1, 0.15) is 0 Å². The van der Waals surface area contributed by atoms with Crippen molar-refractivity contribution in [3.8, 4) is 33.8 Å². The van der Waals surface area contributed by atoms with Gasteiger partial charge in [0, 0.05) is 88.5 Å². The molecular weight excluding hydrogens is 893 g/mol. The monoisotopic (exact) mass is 936 g/mol. The molecule has 67 heavy (non-hydrogen) atoms. The third-order valence-electron chi connectivity index (χ3n) is 11.7. The van der Waals surface area contributed by atoms with E-state index in [9.17, 15) is 49.6 Å². The molecular formula is C46H44N6O14S. The van der Waals surface area contributed by atoms with Gasteiger partial charge in [-0.1, -0.05) is 36.0 Å². The molecule has 0 saturated carbocycles. The summed E-state index contributed by atoms with van der Waals surface area (Å²) in [5.41, 5.74) is 2.54. The van der Waals surface area contributed by atoms with E-state index in [1.54, 1.807) is 68.1 Å². The van der Waals surface area contributed by atoms with Crippen LogP contribution in [0.5, 0.6) is 11.5 Å². The number of nitrogens with zero attached hydrogens (tertiary/aromatic N) is 6. The summed E-state index contributed by atoms with van der Waals surface area (Å²) >= 11 is 0.829. The lowest BCUT2D eigenvalue weighted by Gasteiger charge is -2.33. The average Bonchev–Trinajstić information content (AvgIpc) is 3.32. The predicted octanol–water partition coefficient (Wildman–Crippen LogP) is 5.21. The largest absolute Gasteiger partial charge is 0.480 e. The molecule has 2 amide bonds. The molecule has 4 aliphatic rings. The molecule has 0 aromatic heterocycles. The van der Waals surface area contributed by atoms with E-state index in [4.69, 9.17) is 19.6 Å². The maximum Gasteiger partial charge on any atom is 0.317 e. The molecule has 0 unspecified atom stereocenters. The summed E-state index contributed by atoms with van der Waals surface area (Å²) in [6, 6.07) is 16.2. The number of piperazine rings is 2. The number of rotatable bonds is 14. The van der Waals surface area contributed by atoms with Crippen LogP contribution < -0.4 is 9.78 Å². The van der Waals surface area contributed by atoms with E-state index < -0.39 is 21.8 Å². The van der Waals surface area contributed by atoms with Gasteiger partial charge in [0.05, 0.1) is 57.1 Å². The van der Waals surface area contributed by atoms with E-state index in [-0.39, 0.29) is 70.4 Å². The van der Waals surface area contributed by atoms with Crippen molar-refractivity contribution in [3.63, 3.8) is 0 Å². The fourth-order valence-corrected chi connectivity index (χ4v) is 9.47. The molecule has 0 bridgehead atoms. The van der Waals surface area contributed by atoms with Crippen molar-refractivity contribution < 1.29 is 58.8 Å². The second kappa shape index (κ2) is 20.6. The molecule has 4 aromatic carbocycles. The van der Waals surface area contributed by atoms with Gasteiger partial charge < -0.3 is 29.8 Å². The second-order valence-electron chi connectivity index (χ2n) is 16.0. The highest BCUT2D eigenvalue weighted by molar-refractivity contribution is 7.99. The summed E-state index contributed by atoms with van der Waals surface area (Å²) in [4.78, 5) is 103. The maximum absolute atomic E-state index is 13.4. The Morgan fingerprint density at radius 3 is 1.37 bits per heavy atom. The van der Waals surface area contributed by atoms with Gasteiger partial charge in [-0.15, -0.1) is 0 Å². The standard InChI is InChI=1S/C46H44N6O14S/c53-39(49-19-15-47(16-20-49)27-41(55)56)11-5-29-3-9-37(45(51(59)60)43(29)33-1-7-35-31(25-33)13-23-63-65-35)67-38-10-4-30(6-12-40(54)50-21-17-48(18-22-50)28-42(57)58)44(46(38)52(61)62)34-2-8-36-32(26-34)14-24-64-66-36/h1-12,25-26H,13-24,27-28H2,(H,55,56)(H,57,58)/b11-5+,12-6+. The maximum atomic E-state index is 13.4. The molecule has 0 aliphatic carbocycles. The zero-order valence-electron chi connectivity index (χ0n) is 35.9. The number of benzene rings is 4. The van der Waals surface area contributed by atoms with E-state index >= 15 is 0 Å². The Kier molecular flexibility index (Phi) is 14.2. The third kappa shape index (κ3) is 10.8. The highest BCUT2D eigenvalue weighted by Crippen LogP contribution is 2.49. The van der Waals surface area contributed by atoms with Crippen molar-refractivity contribution in [2.75, 3.05) is 78.7 Å². The average molecular weight is 937 g/mol. The molecule has 8 rings (SSSR count). The lowest BCUT2D eigenvalue weighted by Crippen LogP contribution is -2.49. The molecule has 4 aliphatic heterocycles. The van der Waals surface area contributed by atoms with Crippen LogP contribution in [0.2, 0.25) is 0 Å². The van der Waals surface area contributed by atoms with Crippen LogP contribution in [0.25, 0.3) is 34.4 Å². The fraction of sp³-hybridized carbons (Fsp3) is 0.304. The summed E-state index contributed by atoms with van der Waals surface area (Å²) < 4.78 is 0. The number of carbonyl (C=O) groups is 4. The number of hydrogen-bond acceptors (Lipinski definition) is 15. The lowest BCUT2D eigenvalue weighted by atomic mass is 9.94. The van der Waals surface area contributed by atoms with Crippen molar-refractivity contribution >= 4 is 59.0 Å². The minimum atomic E-state index is -0.964. The molecule has 4 heterocycles. The van der Waals surface area contributed by atoms with Crippen molar-refractivity contribution in [2.24, 2.45) is 0 Å². The Bertz CT molecular complexity index is 2510. The molecule has 21 heteroatoms. The molecule has 348 valence electrons. The minimum absolute atomic E-state index is 0.0703. The van der Waals surface area contributed by atoms with Crippen LogP contribution in [0, 0.1) is 20.2 Å². The van der Waals surface area contributed by atoms with E-state index in [0.29, 0.717) is 99.0 Å². The molecule has 0 atom stereocenters. The number of fused-ring (bicyclic) bond motifs is 2. The minimum Gasteiger partial charge on any atom is -0.480 e. The Morgan fingerprint density at radius 2 is 1.00 bits per heavy atom. The molecule has 2 N–H and O–H groups in total. The van der Waals surface area contributed by atoms with Crippen LogP contribution in [0.15, 0.2) is 82.6 Å². The number of hydrogen-bond donors (Lipinski definition) is 2. The van der Waals surface area contributed by atoms with Gasteiger partial charge >= 0.3 is 11.9 Å². The Labute approximate surface area is 386 Å². The van der Waals surface area contributed by atoms with Crippen LogP contribution >= 0.6 is 11.8 Å². The van der Waals surface area contributed by atoms with E-state index in [1.165, 1.54) is 36.4 Å². The predicted molar refractivity (Wildman–Crippen MR) is 241 cm³/mol. The first-order chi connectivity index (χ1) is 32.3. The number of nitro groups is 2. The van der Waals surface area contributed by atoms with Crippen molar-refractivity contribution in [1.29, 1.82) is 0 Å².